The van der Waals surface area contributed by atoms with Crippen LogP contribution in [-0.2, 0) is 0 Å². The van der Waals surface area contributed by atoms with Crippen molar-refractivity contribution in [3.05, 3.63) is 22.7 Å². The summed E-state index contributed by atoms with van der Waals surface area (Å²) >= 11 is 5.99. The van der Waals surface area contributed by atoms with Gasteiger partial charge in [-0.15, -0.1) is 0 Å². The monoisotopic (exact) mass is 225 g/mol. The van der Waals surface area contributed by atoms with Crippen molar-refractivity contribution in [1.29, 1.82) is 0 Å². The maximum absolute atomic E-state index is 6.03. The summed E-state index contributed by atoms with van der Waals surface area (Å²) in [5.41, 5.74) is 1.99. The van der Waals surface area contributed by atoms with Crippen molar-refractivity contribution in [2.24, 2.45) is 0 Å². The molecule has 3 heteroatoms. The Kier molecular flexibility index (Phi) is 2.55. The van der Waals surface area contributed by atoms with Gasteiger partial charge in [0.05, 0.1) is 12.2 Å². The van der Waals surface area contributed by atoms with Crippen molar-refractivity contribution >= 4 is 17.3 Å². The van der Waals surface area contributed by atoms with Gasteiger partial charge in [-0.25, -0.2) is 0 Å². The van der Waals surface area contributed by atoms with E-state index in [-0.39, 0.29) is 5.60 Å². The fourth-order valence-corrected chi connectivity index (χ4v) is 2.03. The molecule has 0 radical (unpaired) electrons. The second-order valence-corrected chi connectivity index (χ2v) is 4.79. The van der Waals surface area contributed by atoms with Gasteiger partial charge in [-0.05, 0) is 38.0 Å². The minimum atomic E-state index is -0.106. The van der Waals surface area contributed by atoms with Crippen molar-refractivity contribution in [3.63, 3.8) is 0 Å². The van der Waals surface area contributed by atoms with Crippen molar-refractivity contribution in [1.82, 2.24) is 0 Å². The van der Waals surface area contributed by atoms with Crippen LogP contribution in [-0.4, -0.2) is 12.1 Å². The molecule has 0 aromatic heterocycles. The topological polar surface area (TPSA) is 21.3 Å². The molecule has 1 aromatic carbocycles. The standard InChI is InChI=1S/C12H16ClNO/c1-4-12(3)7-14-10-6-9(13)5-8(2)11(10)15-12/h5-6,14H,4,7H2,1-3H3. The fourth-order valence-electron chi connectivity index (χ4n) is 1.76. The summed E-state index contributed by atoms with van der Waals surface area (Å²) in [7, 11) is 0. The van der Waals surface area contributed by atoms with E-state index in [1.165, 1.54) is 0 Å². The molecule has 0 amide bonds. The van der Waals surface area contributed by atoms with E-state index in [4.69, 9.17) is 16.3 Å². The summed E-state index contributed by atoms with van der Waals surface area (Å²) < 4.78 is 6.03. The third-order valence-electron chi connectivity index (χ3n) is 2.99. The van der Waals surface area contributed by atoms with Gasteiger partial charge < -0.3 is 10.1 Å². The molecule has 2 rings (SSSR count). The Balaban J connectivity index is 2.42. The van der Waals surface area contributed by atoms with E-state index in [0.29, 0.717) is 0 Å². The Morgan fingerprint density at radius 3 is 2.93 bits per heavy atom. The first-order valence-corrected chi connectivity index (χ1v) is 5.65. The van der Waals surface area contributed by atoms with Crippen molar-refractivity contribution in [2.75, 3.05) is 11.9 Å². The lowest BCUT2D eigenvalue weighted by Crippen LogP contribution is -2.42. The Morgan fingerprint density at radius 2 is 2.27 bits per heavy atom. The second kappa shape index (κ2) is 3.60. The molecule has 0 fully saturated rings. The van der Waals surface area contributed by atoms with E-state index in [2.05, 4.69) is 19.2 Å². The van der Waals surface area contributed by atoms with Gasteiger partial charge in [0.25, 0.3) is 0 Å². The molecule has 1 N–H and O–H groups in total. The van der Waals surface area contributed by atoms with Crippen LogP contribution in [0.15, 0.2) is 12.1 Å². The number of nitrogens with one attached hydrogen (secondary N) is 1. The molecular formula is C12H16ClNO. The Hall–Kier alpha value is -0.890. The number of hydrogen-bond donors (Lipinski definition) is 1. The van der Waals surface area contributed by atoms with Crippen LogP contribution in [0.3, 0.4) is 0 Å². The Labute approximate surface area is 95.6 Å². The van der Waals surface area contributed by atoms with Crippen LogP contribution < -0.4 is 10.1 Å². The number of rotatable bonds is 1. The molecule has 1 heterocycles. The molecule has 0 saturated heterocycles. The first-order chi connectivity index (χ1) is 7.04. The first-order valence-electron chi connectivity index (χ1n) is 5.27. The third kappa shape index (κ3) is 1.91. The number of halogens is 1. The zero-order valence-corrected chi connectivity index (χ0v) is 10.1. The van der Waals surface area contributed by atoms with E-state index < -0.39 is 0 Å². The molecule has 15 heavy (non-hydrogen) atoms. The summed E-state index contributed by atoms with van der Waals surface area (Å²) in [6.45, 7) is 7.11. The molecule has 2 nitrogen and oxygen atoms in total. The van der Waals surface area contributed by atoms with Crippen molar-refractivity contribution in [3.8, 4) is 5.75 Å². The quantitative estimate of drug-likeness (QED) is 0.788. The maximum Gasteiger partial charge on any atom is 0.146 e. The molecular weight excluding hydrogens is 210 g/mol. The SMILES string of the molecule is CCC1(C)CNc2cc(Cl)cc(C)c2O1. The predicted octanol–water partition coefficient (Wildman–Crippen LogP) is 3.62. The van der Waals surface area contributed by atoms with Gasteiger partial charge >= 0.3 is 0 Å². The van der Waals surface area contributed by atoms with Crippen LogP contribution in [0.25, 0.3) is 0 Å². The number of hydrogen-bond acceptors (Lipinski definition) is 2. The normalized spacial score (nSPS) is 24.0. The Morgan fingerprint density at radius 1 is 1.53 bits per heavy atom. The van der Waals surface area contributed by atoms with E-state index in [1.54, 1.807) is 0 Å². The molecule has 1 atom stereocenters. The molecule has 1 unspecified atom stereocenters. The van der Waals surface area contributed by atoms with Crippen LogP contribution in [0.1, 0.15) is 25.8 Å². The average Bonchev–Trinajstić information content (AvgIpc) is 2.20. The molecule has 0 saturated carbocycles. The zero-order chi connectivity index (χ0) is 11.1. The summed E-state index contributed by atoms with van der Waals surface area (Å²) in [5.74, 6) is 0.940. The molecule has 1 aliphatic rings. The second-order valence-electron chi connectivity index (χ2n) is 4.36. The highest BCUT2D eigenvalue weighted by atomic mass is 35.5. The minimum Gasteiger partial charge on any atom is -0.483 e. The number of benzene rings is 1. The molecule has 0 bridgehead atoms. The highest BCUT2D eigenvalue weighted by molar-refractivity contribution is 6.31. The van der Waals surface area contributed by atoms with Gasteiger partial charge in [-0.2, -0.15) is 0 Å². The van der Waals surface area contributed by atoms with Crippen molar-refractivity contribution in [2.45, 2.75) is 32.8 Å². The first kappa shape index (κ1) is 10.6. The lowest BCUT2D eigenvalue weighted by Gasteiger charge is -2.36. The Bertz CT molecular complexity index is 391. The van der Waals surface area contributed by atoms with Crippen molar-refractivity contribution < 1.29 is 4.74 Å². The number of ether oxygens (including phenoxy) is 1. The maximum atomic E-state index is 6.03. The highest BCUT2D eigenvalue weighted by Gasteiger charge is 2.30. The van der Waals surface area contributed by atoms with Crippen LogP contribution in [0.5, 0.6) is 5.75 Å². The van der Waals surface area contributed by atoms with Gasteiger partial charge in [-0.1, -0.05) is 18.5 Å². The fraction of sp³-hybridized carbons (Fsp3) is 0.500. The summed E-state index contributed by atoms with van der Waals surface area (Å²) in [6.07, 6.45) is 0.988. The van der Waals surface area contributed by atoms with E-state index in [1.807, 2.05) is 19.1 Å². The van der Waals surface area contributed by atoms with E-state index in [0.717, 1.165) is 35.0 Å². The van der Waals surface area contributed by atoms with E-state index >= 15 is 0 Å². The molecule has 1 aliphatic heterocycles. The van der Waals surface area contributed by atoms with Gasteiger partial charge in [0.15, 0.2) is 0 Å². The molecule has 82 valence electrons. The van der Waals surface area contributed by atoms with Gasteiger partial charge in [-0.3, -0.25) is 0 Å². The zero-order valence-electron chi connectivity index (χ0n) is 9.36. The average molecular weight is 226 g/mol. The third-order valence-corrected chi connectivity index (χ3v) is 3.21. The smallest absolute Gasteiger partial charge is 0.146 e. The molecule has 0 aliphatic carbocycles. The van der Waals surface area contributed by atoms with Crippen LogP contribution in [0.2, 0.25) is 5.02 Å². The summed E-state index contributed by atoms with van der Waals surface area (Å²) in [6, 6.07) is 3.85. The number of aryl methyl sites for hydroxylation is 1. The lowest BCUT2D eigenvalue weighted by molar-refractivity contribution is 0.0902. The van der Waals surface area contributed by atoms with Gasteiger partial charge in [0.2, 0.25) is 0 Å². The lowest BCUT2D eigenvalue weighted by atomic mass is 10.0. The van der Waals surface area contributed by atoms with Crippen LogP contribution in [0, 0.1) is 6.92 Å². The molecule has 0 spiro atoms. The number of fused-ring (bicyclic) bond motifs is 1. The number of anilines is 1. The highest BCUT2D eigenvalue weighted by Crippen LogP contribution is 2.38. The van der Waals surface area contributed by atoms with Crippen LogP contribution in [0.4, 0.5) is 5.69 Å². The predicted molar refractivity (Wildman–Crippen MR) is 64.0 cm³/mol. The minimum absolute atomic E-state index is 0.106. The van der Waals surface area contributed by atoms with Crippen LogP contribution >= 0.6 is 11.6 Å². The summed E-state index contributed by atoms with van der Waals surface area (Å²) in [4.78, 5) is 0. The van der Waals surface area contributed by atoms with Gasteiger partial charge in [0.1, 0.15) is 11.4 Å². The molecule has 1 aromatic rings. The largest absolute Gasteiger partial charge is 0.483 e. The summed E-state index contributed by atoms with van der Waals surface area (Å²) in [5, 5.41) is 4.13. The van der Waals surface area contributed by atoms with E-state index in [9.17, 15) is 0 Å². The van der Waals surface area contributed by atoms with Gasteiger partial charge in [0, 0.05) is 5.02 Å².